The zero-order chi connectivity index (χ0) is 17.7. The average molecular weight is 342 g/mol. The molecule has 0 spiro atoms. The van der Waals surface area contributed by atoms with Crippen LogP contribution in [0.25, 0.3) is 11.3 Å². The van der Waals surface area contributed by atoms with Crippen LogP contribution in [0.15, 0.2) is 36.5 Å². The van der Waals surface area contributed by atoms with Crippen molar-refractivity contribution in [3.63, 3.8) is 0 Å². The van der Waals surface area contributed by atoms with Crippen LogP contribution < -0.4 is 5.73 Å². The molecule has 0 aliphatic heterocycles. The summed E-state index contributed by atoms with van der Waals surface area (Å²) in [5.41, 5.74) is 9.49. The van der Waals surface area contributed by atoms with E-state index in [1.165, 1.54) is 74.6 Å². The predicted molar refractivity (Wildman–Crippen MR) is 108 cm³/mol. The SMILES string of the molecule is CCCCCCCCCCc1ccc(-c2ccnn2CCCN)cc1. The average Bonchev–Trinajstić information content (AvgIpc) is 3.11. The molecule has 3 nitrogen and oxygen atoms in total. The number of unbranched alkanes of at least 4 members (excludes halogenated alkanes) is 7. The molecule has 2 rings (SSSR count). The number of benzene rings is 1. The molecule has 0 bridgehead atoms. The van der Waals surface area contributed by atoms with E-state index in [9.17, 15) is 0 Å². The smallest absolute Gasteiger partial charge is 0.0682 e. The van der Waals surface area contributed by atoms with E-state index in [0.717, 1.165) is 13.0 Å². The van der Waals surface area contributed by atoms with Crippen LogP contribution in [0, 0.1) is 0 Å². The highest BCUT2D eigenvalue weighted by molar-refractivity contribution is 5.59. The lowest BCUT2D eigenvalue weighted by Crippen LogP contribution is -2.07. The minimum atomic E-state index is 0.705. The zero-order valence-electron chi connectivity index (χ0n) is 15.9. The molecule has 138 valence electrons. The summed E-state index contributed by atoms with van der Waals surface area (Å²) in [5, 5.41) is 4.41. The molecular weight excluding hydrogens is 306 g/mol. The lowest BCUT2D eigenvalue weighted by atomic mass is 10.0. The van der Waals surface area contributed by atoms with E-state index in [-0.39, 0.29) is 0 Å². The molecule has 2 N–H and O–H groups in total. The summed E-state index contributed by atoms with van der Waals surface area (Å²) in [6.07, 6.45) is 15.1. The van der Waals surface area contributed by atoms with Crippen LogP contribution in [0.2, 0.25) is 0 Å². The first-order valence-corrected chi connectivity index (χ1v) is 10.2. The van der Waals surface area contributed by atoms with Crippen LogP contribution in [0.5, 0.6) is 0 Å². The Balaban J connectivity index is 1.72. The van der Waals surface area contributed by atoms with Crippen molar-refractivity contribution in [3.8, 4) is 11.3 Å². The van der Waals surface area contributed by atoms with Crippen molar-refractivity contribution in [2.45, 2.75) is 77.7 Å². The monoisotopic (exact) mass is 341 g/mol. The van der Waals surface area contributed by atoms with Crippen LogP contribution in [0.3, 0.4) is 0 Å². The summed E-state index contributed by atoms with van der Waals surface area (Å²) in [6.45, 7) is 3.87. The molecule has 2 aromatic rings. The fourth-order valence-electron chi connectivity index (χ4n) is 3.30. The number of aryl methyl sites for hydroxylation is 2. The molecule has 0 saturated carbocycles. The molecule has 3 heteroatoms. The zero-order valence-corrected chi connectivity index (χ0v) is 15.9. The molecule has 0 unspecified atom stereocenters. The Labute approximate surface area is 153 Å². The second-order valence-electron chi connectivity index (χ2n) is 7.00. The van der Waals surface area contributed by atoms with E-state index in [1.807, 2.05) is 6.20 Å². The van der Waals surface area contributed by atoms with Gasteiger partial charge in [0, 0.05) is 12.7 Å². The fourth-order valence-corrected chi connectivity index (χ4v) is 3.30. The lowest BCUT2D eigenvalue weighted by Gasteiger charge is -2.08. The summed E-state index contributed by atoms with van der Waals surface area (Å²) in [7, 11) is 0. The van der Waals surface area contributed by atoms with Gasteiger partial charge in [0.05, 0.1) is 5.69 Å². The van der Waals surface area contributed by atoms with Crippen LogP contribution in [-0.2, 0) is 13.0 Å². The molecule has 0 amide bonds. The molecule has 0 radical (unpaired) electrons. The van der Waals surface area contributed by atoms with Gasteiger partial charge in [0.25, 0.3) is 0 Å². The highest BCUT2D eigenvalue weighted by atomic mass is 15.3. The molecule has 0 atom stereocenters. The van der Waals surface area contributed by atoms with Crippen LogP contribution in [0.1, 0.15) is 70.3 Å². The van der Waals surface area contributed by atoms with Gasteiger partial charge in [-0.1, -0.05) is 76.1 Å². The third-order valence-electron chi connectivity index (χ3n) is 4.86. The maximum atomic E-state index is 5.61. The standard InChI is InChI=1S/C22H35N3/c1-2-3-4-5-6-7-8-9-11-20-12-14-21(15-13-20)22-16-18-24-25(22)19-10-17-23/h12-16,18H,2-11,17,19,23H2,1H3. The second kappa shape index (κ2) is 11.9. The van der Waals surface area contributed by atoms with Crippen molar-refractivity contribution in [2.75, 3.05) is 6.54 Å². The minimum Gasteiger partial charge on any atom is -0.330 e. The summed E-state index contributed by atoms with van der Waals surface area (Å²) in [5.74, 6) is 0. The van der Waals surface area contributed by atoms with E-state index >= 15 is 0 Å². The number of nitrogens with zero attached hydrogens (tertiary/aromatic N) is 2. The Morgan fingerprint density at radius 2 is 1.52 bits per heavy atom. The number of nitrogens with two attached hydrogens (primary N) is 1. The lowest BCUT2D eigenvalue weighted by molar-refractivity contribution is 0.575. The largest absolute Gasteiger partial charge is 0.330 e. The molecule has 0 aliphatic carbocycles. The number of aromatic nitrogens is 2. The van der Waals surface area contributed by atoms with Crippen molar-refractivity contribution < 1.29 is 0 Å². The van der Waals surface area contributed by atoms with Crippen molar-refractivity contribution in [2.24, 2.45) is 5.73 Å². The van der Waals surface area contributed by atoms with Gasteiger partial charge in [-0.15, -0.1) is 0 Å². The molecular formula is C22H35N3. The normalized spacial score (nSPS) is 11.1. The Morgan fingerprint density at radius 3 is 2.20 bits per heavy atom. The van der Waals surface area contributed by atoms with Gasteiger partial charge in [-0.25, -0.2) is 0 Å². The minimum absolute atomic E-state index is 0.705. The number of hydrogen-bond acceptors (Lipinski definition) is 2. The Hall–Kier alpha value is -1.61. The van der Waals surface area contributed by atoms with Gasteiger partial charge >= 0.3 is 0 Å². The predicted octanol–water partition coefficient (Wildman–Crippen LogP) is 5.58. The maximum absolute atomic E-state index is 5.61. The molecule has 0 saturated heterocycles. The third-order valence-corrected chi connectivity index (χ3v) is 4.86. The molecule has 25 heavy (non-hydrogen) atoms. The molecule has 1 aromatic heterocycles. The van der Waals surface area contributed by atoms with Crippen molar-refractivity contribution >= 4 is 0 Å². The molecule has 1 heterocycles. The maximum Gasteiger partial charge on any atom is 0.0682 e. The first-order chi connectivity index (χ1) is 12.3. The van der Waals surface area contributed by atoms with E-state index in [0.29, 0.717) is 6.54 Å². The second-order valence-corrected chi connectivity index (χ2v) is 7.00. The Kier molecular flexibility index (Phi) is 9.35. The molecule has 1 aromatic carbocycles. The van der Waals surface area contributed by atoms with Crippen molar-refractivity contribution in [1.82, 2.24) is 9.78 Å². The molecule has 0 aliphatic rings. The van der Waals surface area contributed by atoms with Gasteiger partial charge in [-0.3, -0.25) is 4.68 Å². The van der Waals surface area contributed by atoms with Gasteiger partial charge in [-0.05, 0) is 43.0 Å². The first-order valence-electron chi connectivity index (χ1n) is 10.2. The van der Waals surface area contributed by atoms with Crippen LogP contribution >= 0.6 is 0 Å². The topological polar surface area (TPSA) is 43.8 Å². The van der Waals surface area contributed by atoms with E-state index in [1.54, 1.807) is 0 Å². The van der Waals surface area contributed by atoms with Gasteiger partial charge in [0.2, 0.25) is 0 Å². The van der Waals surface area contributed by atoms with Crippen LogP contribution in [0.4, 0.5) is 0 Å². The molecule has 0 fully saturated rings. The summed E-state index contributed by atoms with van der Waals surface area (Å²) in [6, 6.07) is 11.1. The van der Waals surface area contributed by atoms with Crippen molar-refractivity contribution in [3.05, 3.63) is 42.1 Å². The van der Waals surface area contributed by atoms with E-state index in [4.69, 9.17) is 5.73 Å². The number of hydrogen-bond donors (Lipinski definition) is 1. The number of rotatable bonds is 13. The summed E-state index contributed by atoms with van der Waals surface area (Å²) >= 11 is 0. The fraction of sp³-hybridized carbons (Fsp3) is 0.591. The first kappa shape index (κ1) is 19.7. The summed E-state index contributed by atoms with van der Waals surface area (Å²) in [4.78, 5) is 0. The quantitative estimate of drug-likeness (QED) is 0.483. The van der Waals surface area contributed by atoms with E-state index in [2.05, 4.69) is 47.0 Å². The Bertz CT molecular complexity index is 571. The van der Waals surface area contributed by atoms with Gasteiger partial charge in [0.15, 0.2) is 0 Å². The van der Waals surface area contributed by atoms with Crippen molar-refractivity contribution in [1.29, 1.82) is 0 Å². The summed E-state index contributed by atoms with van der Waals surface area (Å²) < 4.78 is 2.06. The van der Waals surface area contributed by atoms with E-state index < -0.39 is 0 Å². The van der Waals surface area contributed by atoms with Gasteiger partial charge in [-0.2, -0.15) is 5.10 Å². The highest BCUT2D eigenvalue weighted by Gasteiger charge is 2.05. The Morgan fingerprint density at radius 1 is 0.840 bits per heavy atom. The van der Waals surface area contributed by atoms with Crippen LogP contribution in [-0.4, -0.2) is 16.3 Å². The third kappa shape index (κ3) is 7.03. The highest BCUT2D eigenvalue weighted by Crippen LogP contribution is 2.20. The van der Waals surface area contributed by atoms with Gasteiger partial charge < -0.3 is 5.73 Å². The van der Waals surface area contributed by atoms with Gasteiger partial charge in [0.1, 0.15) is 0 Å².